The highest BCUT2D eigenvalue weighted by molar-refractivity contribution is 9.10. The first-order valence-corrected chi connectivity index (χ1v) is 7.97. The summed E-state index contributed by atoms with van der Waals surface area (Å²) in [6.07, 6.45) is -15.7. The Kier molecular flexibility index (Phi) is 5.47. The molecule has 0 aliphatic rings. The van der Waals surface area contributed by atoms with Gasteiger partial charge in [0.25, 0.3) is 5.56 Å². The summed E-state index contributed by atoms with van der Waals surface area (Å²) >= 11 is 4.81. The van der Waals surface area contributed by atoms with Crippen molar-refractivity contribution in [1.82, 2.24) is 9.97 Å². The molecule has 14 heteroatoms. The Morgan fingerprint density at radius 2 is 1.41 bits per heavy atom. The number of H-pyrrole nitrogens is 1. The van der Waals surface area contributed by atoms with Crippen LogP contribution in [0.3, 0.4) is 0 Å². The molecule has 27 heavy (non-hydrogen) atoms. The molecule has 0 saturated heterocycles. The van der Waals surface area contributed by atoms with Gasteiger partial charge in [-0.25, -0.2) is 4.98 Å². The van der Waals surface area contributed by atoms with Gasteiger partial charge in [0.2, 0.25) is 0 Å². The van der Waals surface area contributed by atoms with Crippen molar-refractivity contribution in [3.63, 3.8) is 0 Å². The predicted octanol–water partition coefficient (Wildman–Crippen LogP) is 6.02. The summed E-state index contributed by atoms with van der Waals surface area (Å²) in [6, 6.07) is -0.0464. The zero-order valence-electron chi connectivity index (χ0n) is 12.2. The molecule has 3 nitrogen and oxygen atoms in total. The molecule has 0 bridgehead atoms. The van der Waals surface area contributed by atoms with Crippen molar-refractivity contribution in [3.05, 3.63) is 48.3 Å². The standard InChI is InChI=1S/C13H3Br2F9N2O/c14-5-2-3(11(16,17)18)1-4(12(19,20)21)6(5)9-25-8(13(22,23)24)7(15)10(27)26-9/h1-2H,(H,25,26,27). The average Bonchev–Trinajstić information content (AvgIpc) is 2.46. The van der Waals surface area contributed by atoms with Crippen LogP contribution in [0.25, 0.3) is 11.4 Å². The van der Waals surface area contributed by atoms with E-state index >= 15 is 0 Å². The fraction of sp³-hybridized carbons (Fsp3) is 0.231. The van der Waals surface area contributed by atoms with E-state index in [-0.39, 0.29) is 12.1 Å². The molecule has 1 aromatic heterocycles. The molecular formula is C13H3Br2F9N2O. The van der Waals surface area contributed by atoms with Crippen molar-refractivity contribution in [2.45, 2.75) is 18.5 Å². The second kappa shape index (κ2) is 6.79. The summed E-state index contributed by atoms with van der Waals surface area (Å²) in [5.41, 5.74) is -8.09. The van der Waals surface area contributed by atoms with E-state index in [1.807, 2.05) is 0 Å². The van der Waals surface area contributed by atoms with Crippen molar-refractivity contribution < 1.29 is 39.5 Å². The van der Waals surface area contributed by atoms with Gasteiger partial charge in [-0.1, -0.05) is 15.9 Å². The molecule has 0 fully saturated rings. The monoisotopic (exact) mass is 532 g/mol. The number of rotatable bonds is 1. The van der Waals surface area contributed by atoms with Crippen LogP contribution in [0, 0.1) is 0 Å². The predicted molar refractivity (Wildman–Crippen MR) is 80.7 cm³/mol. The van der Waals surface area contributed by atoms with Gasteiger partial charge in [-0.15, -0.1) is 0 Å². The Bertz CT molecular complexity index is 945. The Morgan fingerprint density at radius 1 is 0.852 bits per heavy atom. The smallest absolute Gasteiger partial charge is 0.305 e. The topological polar surface area (TPSA) is 45.8 Å². The largest absolute Gasteiger partial charge is 0.434 e. The minimum absolute atomic E-state index is 0.236. The number of aromatic amines is 1. The molecule has 0 saturated carbocycles. The van der Waals surface area contributed by atoms with Crippen LogP contribution in [0.4, 0.5) is 39.5 Å². The summed E-state index contributed by atoms with van der Waals surface area (Å²) in [4.78, 5) is 16.3. The molecule has 1 aromatic carbocycles. The second-order valence-electron chi connectivity index (χ2n) is 4.95. The Morgan fingerprint density at radius 3 is 1.85 bits per heavy atom. The Hall–Kier alpha value is -1.57. The van der Waals surface area contributed by atoms with Crippen LogP contribution < -0.4 is 5.56 Å². The molecule has 0 amide bonds. The molecule has 0 radical (unpaired) electrons. The third-order valence-corrected chi connectivity index (χ3v) is 4.45. The van der Waals surface area contributed by atoms with Crippen molar-refractivity contribution >= 4 is 31.9 Å². The normalized spacial score (nSPS) is 13.1. The van der Waals surface area contributed by atoms with Crippen LogP contribution in [0.2, 0.25) is 0 Å². The Labute approximate surface area is 159 Å². The number of hydrogen-bond donors (Lipinski definition) is 1. The number of nitrogens with one attached hydrogen (secondary N) is 1. The Balaban J connectivity index is 2.91. The van der Waals surface area contributed by atoms with Crippen LogP contribution in [0.15, 0.2) is 25.9 Å². The molecule has 0 spiro atoms. The SMILES string of the molecule is O=c1[nH]c(-c2c(Br)cc(C(F)(F)F)cc2C(F)(F)F)nc(C(F)(F)F)c1Br. The van der Waals surface area contributed by atoms with Crippen LogP contribution >= 0.6 is 31.9 Å². The summed E-state index contributed by atoms with van der Waals surface area (Å²) in [7, 11) is 0. The maximum atomic E-state index is 13.3. The molecule has 148 valence electrons. The molecule has 1 N–H and O–H groups in total. The lowest BCUT2D eigenvalue weighted by Crippen LogP contribution is -2.21. The minimum Gasteiger partial charge on any atom is -0.305 e. The molecule has 0 aliphatic carbocycles. The zero-order valence-corrected chi connectivity index (χ0v) is 15.3. The van der Waals surface area contributed by atoms with Gasteiger partial charge in [-0.3, -0.25) is 4.79 Å². The van der Waals surface area contributed by atoms with E-state index in [4.69, 9.17) is 0 Å². The summed E-state index contributed by atoms with van der Waals surface area (Å²) in [6.45, 7) is 0. The van der Waals surface area contributed by atoms with Gasteiger partial charge in [-0.05, 0) is 28.1 Å². The number of hydrogen-bond acceptors (Lipinski definition) is 2. The van der Waals surface area contributed by atoms with E-state index in [1.54, 1.807) is 4.98 Å². The molecule has 0 atom stereocenters. The fourth-order valence-electron chi connectivity index (χ4n) is 2.00. The number of benzene rings is 1. The lowest BCUT2D eigenvalue weighted by Gasteiger charge is -2.18. The van der Waals surface area contributed by atoms with Crippen LogP contribution in [0.5, 0.6) is 0 Å². The fourth-order valence-corrected chi connectivity index (χ4v) is 3.06. The first-order valence-electron chi connectivity index (χ1n) is 6.38. The van der Waals surface area contributed by atoms with Gasteiger partial charge < -0.3 is 4.98 Å². The van der Waals surface area contributed by atoms with Crippen LogP contribution in [0.1, 0.15) is 16.8 Å². The van der Waals surface area contributed by atoms with Gasteiger partial charge in [-0.2, -0.15) is 39.5 Å². The van der Waals surface area contributed by atoms with Crippen molar-refractivity contribution in [1.29, 1.82) is 0 Å². The van der Waals surface area contributed by atoms with Gasteiger partial charge >= 0.3 is 18.5 Å². The van der Waals surface area contributed by atoms with Gasteiger partial charge in [0.1, 0.15) is 10.3 Å². The van der Waals surface area contributed by atoms with E-state index in [1.165, 1.54) is 0 Å². The zero-order chi connectivity index (χ0) is 20.9. The number of halogens is 11. The number of nitrogens with zero attached hydrogens (tertiary/aromatic N) is 1. The van der Waals surface area contributed by atoms with Gasteiger partial charge in [0, 0.05) is 10.0 Å². The van der Waals surface area contributed by atoms with Crippen LogP contribution in [-0.4, -0.2) is 9.97 Å². The molecule has 2 aromatic rings. The van der Waals surface area contributed by atoms with Gasteiger partial charge in [0.05, 0.1) is 11.1 Å². The lowest BCUT2D eigenvalue weighted by molar-refractivity contribution is -0.143. The lowest BCUT2D eigenvalue weighted by atomic mass is 10.0. The maximum absolute atomic E-state index is 13.3. The quantitative estimate of drug-likeness (QED) is 0.456. The molecule has 2 rings (SSSR count). The molecule has 1 heterocycles. The highest BCUT2D eigenvalue weighted by atomic mass is 79.9. The molecular weight excluding hydrogens is 531 g/mol. The summed E-state index contributed by atoms with van der Waals surface area (Å²) in [5.74, 6) is -1.21. The number of alkyl halides is 9. The van der Waals surface area contributed by atoms with E-state index in [9.17, 15) is 44.3 Å². The van der Waals surface area contributed by atoms with E-state index in [0.29, 0.717) is 0 Å². The number of aromatic nitrogens is 2. The molecule has 0 unspecified atom stereocenters. The van der Waals surface area contributed by atoms with E-state index in [0.717, 1.165) is 0 Å². The highest BCUT2D eigenvalue weighted by Gasteiger charge is 2.42. The third-order valence-electron chi connectivity index (χ3n) is 3.09. The third kappa shape index (κ3) is 4.47. The van der Waals surface area contributed by atoms with Crippen LogP contribution in [-0.2, 0) is 18.5 Å². The van der Waals surface area contributed by atoms with Crippen molar-refractivity contribution in [2.75, 3.05) is 0 Å². The second-order valence-corrected chi connectivity index (χ2v) is 6.60. The summed E-state index contributed by atoms with van der Waals surface area (Å²) < 4.78 is 115. The maximum Gasteiger partial charge on any atom is 0.434 e. The average molecular weight is 534 g/mol. The van der Waals surface area contributed by atoms with E-state index in [2.05, 4.69) is 36.8 Å². The van der Waals surface area contributed by atoms with E-state index < -0.39 is 61.2 Å². The summed E-state index contributed by atoms with van der Waals surface area (Å²) in [5, 5.41) is 0. The first kappa shape index (κ1) is 21.7. The minimum atomic E-state index is -5.39. The first-order chi connectivity index (χ1) is 12.0. The van der Waals surface area contributed by atoms with Crippen molar-refractivity contribution in [3.8, 4) is 11.4 Å². The van der Waals surface area contributed by atoms with Gasteiger partial charge in [0.15, 0.2) is 5.69 Å². The molecule has 0 aliphatic heterocycles. The highest BCUT2D eigenvalue weighted by Crippen LogP contribution is 2.44. The van der Waals surface area contributed by atoms with Crippen molar-refractivity contribution in [2.24, 2.45) is 0 Å².